The molecule has 0 radical (unpaired) electrons. The lowest BCUT2D eigenvalue weighted by molar-refractivity contribution is -0.125. The summed E-state index contributed by atoms with van der Waals surface area (Å²) in [6.45, 7) is 5.99. The van der Waals surface area contributed by atoms with Gasteiger partial charge in [0.1, 0.15) is 5.75 Å². The summed E-state index contributed by atoms with van der Waals surface area (Å²) in [5.74, 6) is 0.453. The topological polar surface area (TPSA) is 81.6 Å². The zero-order chi connectivity index (χ0) is 14.8. The summed E-state index contributed by atoms with van der Waals surface area (Å²) in [6.07, 6.45) is 1.69. The van der Waals surface area contributed by atoms with Crippen LogP contribution in [0.1, 0.15) is 26.7 Å². The molecule has 1 saturated heterocycles. The van der Waals surface area contributed by atoms with E-state index >= 15 is 0 Å². The van der Waals surface area contributed by atoms with Gasteiger partial charge in [0.2, 0.25) is 5.91 Å². The highest BCUT2D eigenvalue weighted by Crippen LogP contribution is 2.38. The van der Waals surface area contributed by atoms with E-state index in [2.05, 4.69) is 11.8 Å². The first-order chi connectivity index (χ1) is 9.48. The molecule has 1 heterocycles. The molecule has 1 aliphatic heterocycles. The molecule has 1 unspecified atom stereocenters. The number of para-hydroxylation sites is 1. The third-order valence-corrected chi connectivity index (χ3v) is 3.91. The second-order valence-corrected chi connectivity index (χ2v) is 5.63. The van der Waals surface area contributed by atoms with Gasteiger partial charge in [-0.2, -0.15) is 0 Å². The number of primary amides is 1. The van der Waals surface area contributed by atoms with Gasteiger partial charge in [0, 0.05) is 13.1 Å². The molecule has 5 nitrogen and oxygen atoms in total. The Labute approximate surface area is 119 Å². The van der Waals surface area contributed by atoms with Gasteiger partial charge in [0.15, 0.2) is 0 Å². The second-order valence-electron chi connectivity index (χ2n) is 5.63. The van der Waals surface area contributed by atoms with Crippen LogP contribution in [0.3, 0.4) is 0 Å². The molecule has 0 aliphatic carbocycles. The van der Waals surface area contributed by atoms with Crippen LogP contribution < -0.4 is 21.1 Å². The Morgan fingerprint density at radius 3 is 2.85 bits per heavy atom. The van der Waals surface area contributed by atoms with Gasteiger partial charge >= 0.3 is 0 Å². The second kappa shape index (κ2) is 5.61. The minimum absolute atomic E-state index is 0.253. The predicted octanol–water partition coefficient (Wildman–Crippen LogP) is 1.76. The lowest BCUT2D eigenvalue weighted by Crippen LogP contribution is -2.37. The Bertz CT molecular complexity index is 504. The van der Waals surface area contributed by atoms with E-state index in [1.54, 1.807) is 0 Å². The Kier molecular flexibility index (Phi) is 4.06. The standard InChI is InChI=1S/C15H23N3O2/c1-3-9-20-12-6-4-5-11(13(12)16)18-8-7-15(2,10-18)14(17)19/h4-6H,3,7-10,16H2,1-2H3,(H2,17,19). The molecular formula is C15H23N3O2. The number of hydrogen-bond acceptors (Lipinski definition) is 4. The van der Waals surface area contributed by atoms with E-state index in [1.165, 1.54) is 0 Å². The van der Waals surface area contributed by atoms with Gasteiger partial charge in [0.05, 0.1) is 23.4 Å². The van der Waals surface area contributed by atoms with Crippen molar-refractivity contribution in [2.75, 3.05) is 30.3 Å². The zero-order valence-electron chi connectivity index (χ0n) is 12.2. The Balaban J connectivity index is 2.20. The molecule has 1 fully saturated rings. The highest BCUT2D eigenvalue weighted by molar-refractivity contribution is 5.83. The van der Waals surface area contributed by atoms with Crippen LogP contribution in [-0.2, 0) is 4.79 Å². The molecular weight excluding hydrogens is 254 g/mol. The van der Waals surface area contributed by atoms with E-state index in [9.17, 15) is 4.79 Å². The van der Waals surface area contributed by atoms with Gasteiger partial charge in [-0.1, -0.05) is 13.0 Å². The molecule has 1 aromatic carbocycles. The van der Waals surface area contributed by atoms with E-state index in [-0.39, 0.29) is 5.91 Å². The molecule has 0 aromatic heterocycles. The van der Waals surface area contributed by atoms with Gasteiger partial charge in [0.25, 0.3) is 0 Å². The summed E-state index contributed by atoms with van der Waals surface area (Å²) in [6, 6.07) is 5.76. The quantitative estimate of drug-likeness (QED) is 0.803. The van der Waals surface area contributed by atoms with E-state index in [0.29, 0.717) is 24.6 Å². The predicted molar refractivity (Wildman–Crippen MR) is 80.8 cm³/mol. The van der Waals surface area contributed by atoms with Crippen molar-refractivity contribution in [1.82, 2.24) is 0 Å². The number of rotatable bonds is 5. The van der Waals surface area contributed by atoms with E-state index in [0.717, 1.165) is 25.1 Å². The van der Waals surface area contributed by atoms with Gasteiger partial charge in [-0.15, -0.1) is 0 Å². The molecule has 1 aromatic rings. The first-order valence-corrected chi connectivity index (χ1v) is 7.04. The number of carbonyl (C=O) groups excluding carboxylic acids is 1. The first kappa shape index (κ1) is 14.5. The van der Waals surface area contributed by atoms with Crippen molar-refractivity contribution in [3.63, 3.8) is 0 Å². The number of nitrogens with two attached hydrogens (primary N) is 2. The first-order valence-electron chi connectivity index (χ1n) is 7.04. The molecule has 0 bridgehead atoms. The molecule has 110 valence electrons. The van der Waals surface area contributed by atoms with E-state index in [4.69, 9.17) is 16.2 Å². The maximum Gasteiger partial charge on any atom is 0.225 e. The molecule has 0 saturated carbocycles. The summed E-state index contributed by atoms with van der Waals surface area (Å²) in [4.78, 5) is 13.6. The highest BCUT2D eigenvalue weighted by Gasteiger charge is 2.39. The number of ether oxygens (including phenoxy) is 1. The smallest absolute Gasteiger partial charge is 0.225 e. The Hall–Kier alpha value is -1.91. The highest BCUT2D eigenvalue weighted by atomic mass is 16.5. The number of anilines is 2. The van der Waals surface area contributed by atoms with E-state index in [1.807, 2.05) is 25.1 Å². The zero-order valence-corrected chi connectivity index (χ0v) is 12.2. The monoisotopic (exact) mass is 277 g/mol. The van der Waals surface area contributed by atoms with Crippen molar-refractivity contribution in [3.05, 3.63) is 18.2 Å². The molecule has 0 spiro atoms. The maximum absolute atomic E-state index is 11.5. The van der Waals surface area contributed by atoms with Gasteiger partial charge in [-0.05, 0) is 31.9 Å². The lowest BCUT2D eigenvalue weighted by Gasteiger charge is -2.24. The molecule has 1 aliphatic rings. The van der Waals surface area contributed by atoms with Crippen molar-refractivity contribution >= 4 is 17.3 Å². The van der Waals surface area contributed by atoms with Crippen LogP contribution in [0.15, 0.2) is 18.2 Å². The van der Waals surface area contributed by atoms with Crippen LogP contribution in [0, 0.1) is 5.41 Å². The Morgan fingerprint density at radius 2 is 2.25 bits per heavy atom. The summed E-state index contributed by atoms with van der Waals surface area (Å²) in [5, 5.41) is 0. The minimum Gasteiger partial charge on any atom is -0.491 e. The fourth-order valence-corrected chi connectivity index (χ4v) is 2.51. The third-order valence-electron chi connectivity index (χ3n) is 3.91. The van der Waals surface area contributed by atoms with Crippen LogP contribution >= 0.6 is 0 Å². The number of nitrogen functional groups attached to an aromatic ring is 1. The molecule has 5 heteroatoms. The summed E-state index contributed by atoms with van der Waals surface area (Å²) >= 11 is 0. The summed E-state index contributed by atoms with van der Waals surface area (Å²) < 4.78 is 5.64. The van der Waals surface area contributed by atoms with Crippen molar-refractivity contribution < 1.29 is 9.53 Å². The number of amides is 1. The number of nitrogens with zero attached hydrogens (tertiary/aromatic N) is 1. The average Bonchev–Trinajstić information content (AvgIpc) is 2.81. The fourth-order valence-electron chi connectivity index (χ4n) is 2.51. The summed E-state index contributed by atoms with van der Waals surface area (Å²) in [7, 11) is 0. The van der Waals surface area contributed by atoms with Gasteiger partial charge in [-0.25, -0.2) is 0 Å². The normalized spacial score (nSPS) is 22.0. The lowest BCUT2D eigenvalue weighted by atomic mass is 9.89. The summed E-state index contributed by atoms with van der Waals surface area (Å²) in [5.41, 5.74) is 12.7. The van der Waals surface area contributed by atoms with Gasteiger partial charge in [-0.3, -0.25) is 4.79 Å². The SMILES string of the molecule is CCCOc1cccc(N2CCC(C)(C(N)=O)C2)c1N. The number of benzene rings is 1. The average molecular weight is 277 g/mol. The molecule has 1 amide bonds. The van der Waals surface area contributed by atoms with Crippen LogP contribution in [-0.4, -0.2) is 25.6 Å². The van der Waals surface area contributed by atoms with Crippen LogP contribution in [0.4, 0.5) is 11.4 Å². The van der Waals surface area contributed by atoms with Crippen molar-refractivity contribution in [2.24, 2.45) is 11.1 Å². The molecule has 2 rings (SSSR count). The van der Waals surface area contributed by atoms with E-state index < -0.39 is 5.41 Å². The van der Waals surface area contributed by atoms with Crippen LogP contribution in [0.25, 0.3) is 0 Å². The minimum atomic E-state index is -0.479. The van der Waals surface area contributed by atoms with Crippen LogP contribution in [0.2, 0.25) is 0 Å². The van der Waals surface area contributed by atoms with Crippen molar-refractivity contribution in [2.45, 2.75) is 26.7 Å². The molecule has 1 atom stereocenters. The largest absolute Gasteiger partial charge is 0.491 e. The van der Waals surface area contributed by atoms with Crippen molar-refractivity contribution in [3.8, 4) is 5.75 Å². The Morgan fingerprint density at radius 1 is 1.50 bits per heavy atom. The van der Waals surface area contributed by atoms with Crippen LogP contribution in [0.5, 0.6) is 5.75 Å². The van der Waals surface area contributed by atoms with Crippen molar-refractivity contribution in [1.29, 1.82) is 0 Å². The number of hydrogen-bond donors (Lipinski definition) is 2. The number of carbonyl (C=O) groups is 1. The third kappa shape index (κ3) is 2.66. The molecule has 4 N–H and O–H groups in total. The molecule has 20 heavy (non-hydrogen) atoms. The fraction of sp³-hybridized carbons (Fsp3) is 0.533. The maximum atomic E-state index is 11.5. The van der Waals surface area contributed by atoms with Gasteiger partial charge < -0.3 is 21.1 Å².